The van der Waals surface area contributed by atoms with E-state index in [4.69, 9.17) is 0 Å². The average molecular weight is 348 g/mol. The van der Waals surface area contributed by atoms with Gasteiger partial charge in [-0.3, -0.25) is 5.43 Å². The van der Waals surface area contributed by atoms with Gasteiger partial charge in [-0.25, -0.2) is 14.4 Å². The van der Waals surface area contributed by atoms with Gasteiger partial charge in [0.25, 0.3) is 0 Å². The lowest BCUT2D eigenvalue weighted by Crippen LogP contribution is -1.94. The lowest BCUT2D eigenvalue weighted by Gasteiger charge is -1.99. The Labute approximate surface area is 147 Å². The first kappa shape index (κ1) is 15.4. The van der Waals surface area contributed by atoms with E-state index in [0.717, 1.165) is 26.2 Å². The fourth-order valence-corrected chi connectivity index (χ4v) is 3.45. The third-order valence-corrected chi connectivity index (χ3v) is 4.80. The van der Waals surface area contributed by atoms with Gasteiger partial charge in [-0.1, -0.05) is 42.5 Å². The van der Waals surface area contributed by atoms with Crippen molar-refractivity contribution in [1.29, 1.82) is 0 Å². The molecule has 0 spiro atoms. The maximum absolute atomic E-state index is 12.9. The molecule has 0 aliphatic rings. The number of rotatable bonds is 4. The van der Waals surface area contributed by atoms with Gasteiger partial charge in [-0.2, -0.15) is 5.10 Å². The SMILES string of the molecule is Fc1ccc(C=NNc2ncnc3cc(-c4ccccc4)sc23)cc1. The molecule has 0 radical (unpaired) electrons. The molecule has 2 aromatic carbocycles. The van der Waals surface area contributed by atoms with Crippen LogP contribution in [0.3, 0.4) is 0 Å². The second-order valence-electron chi connectivity index (χ2n) is 5.33. The fourth-order valence-electron chi connectivity index (χ4n) is 2.40. The number of aromatic nitrogens is 2. The number of benzene rings is 2. The third kappa shape index (κ3) is 3.39. The van der Waals surface area contributed by atoms with Gasteiger partial charge in [0, 0.05) is 4.88 Å². The molecule has 6 heteroatoms. The third-order valence-electron chi connectivity index (χ3n) is 3.62. The zero-order valence-corrected chi connectivity index (χ0v) is 13.9. The van der Waals surface area contributed by atoms with Crippen molar-refractivity contribution in [2.75, 3.05) is 5.43 Å². The molecule has 4 nitrogen and oxygen atoms in total. The highest BCUT2D eigenvalue weighted by Gasteiger charge is 2.09. The van der Waals surface area contributed by atoms with Crippen LogP contribution in [0.1, 0.15) is 5.56 Å². The molecule has 0 fully saturated rings. The number of halogens is 1. The van der Waals surface area contributed by atoms with Crippen molar-refractivity contribution < 1.29 is 4.39 Å². The molecule has 25 heavy (non-hydrogen) atoms. The van der Waals surface area contributed by atoms with Crippen LogP contribution in [0.25, 0.3) is 20.7 Å². The summed E-state index contributed by atoms with van der Waals surface area (Å²) in [6.07, 6.45) is 3.14. The Morgan fingerprint density at radius 3 is 2.60 bits per heavy atom. The van der Waals surface area contributed by atoms with Gasteiger partial charge in [-0.05, 0) is 29.3 Å². The smallest absolute Gasteiger partial charge is 0.167 e. The summed E-state index contributed by atoms with van der Waals surface area (Å²) in [5, 5.41) is 4.19. The Bertz CT molecular complexity index is 1030. The Morgan fingerprint density at radius 2 is 1.80 bits per heavy atom. The van der Waals surface area contributed by atoms with E-state index < -0.39 is 0 Å². The van der Waals surface area contributed by atoms with Crippen LogP contribution in [0.2, 0.25) is 0 Å². The number of hydrazone groups is 1. The molecule has 0 aliphatic heterocycles. The van der Waals surface area contributed by atoms with Crippen molar-refractivity contribution in [2.45, 2.75) is 0 Å². The monoisotopic (exact) mass is 348 g/mol. The van der Waals surface area contributed by atoms with E-state index in [1.165, 1.54) is 18.5 Å². The lowest BCUT2D eigenvalue weighted by atomic mass is 10.2. The van der Waals surface area contributed by atoms with Crippen molar-refractivity contribution >= 4 is 33.6 Å². The largest absolute Gasteiger partial charge is 0.260 e. The quantitative estimate of drug-likeness (QED) is 0.420. The van der Waals surface area contributed by atoms with Gasteiger partial charge in [-0.15, -0.1) is 11.3 Å². The summed E-state index contributed by atoms with van der Waals surface area (Å²) in [7, 11) is 0. The van der Waals surface area contributed by atoms with E-state index in [9.17, 15) is 4.39 Å². The summed E-state index contributed by atoms with van der Waals surface area (Å²) in [6, 6.07) is 18.3. The average Bonchev–Trinajstić information content (AvgIpc) is 3.09. The number of thiophene rings is 1. The fraction of sp³-hybridized carbons (Fsp3) is 0. The van der Waals surface area contributed by atoms with Crippen molar-refractivity contribution in [3.63, 3.8) is 0 Å². The molecule has 2 aromatic heterocycles. The number of nitrogens with one attached hydrogen (secondary N) is 1. The molecule has 0 bridgehead atoms. The summed E-state index contributed by atoms with van der Waals surface area (Å²) >= 11 is 1.61. The van der Waals surface area contributed by atoms with Crippen LogP contribution in [0.4, 0.5) is 10.2 Å². The molecule has 0 aliphatic carbocycles. The number of nitrogens with zero attached hydrogens (tertiary/aromatic N) is 3. The Hall–Kier alpha value is -3.12. The topological polar surface area (TPSA) is 50.2 Å². The highest BCUT2D eigenvalue weighted by Crippen LogP contribution is 2.35. The van der Waals surface area contributed by atoms with Crippen molar-refractivity contribution in [3.05, 3.63) is 78.4 Å². The van der Waals surface area contributed by atoms with Crippen molar-refractivity contribution in [3.8, 4) is 10.4 Å². The maximum Gasteiger partial charge on any atom is 0.167 e. The second kappa shape index (κ2) is 6.78. The van der Waals surface area contributed by atoms with E-state index in [2.05, 4.69) is 32.6 Å². The minimum Gasteiger partial charge on any atom is -0.260 e. The predicted molar refractivity (Wildman–Crippen MR) is 100 cm³/mol. The van der Waals surface area contributed by atoms with Crippen LogP contribution in [0, 0.1) is 5.82 Å². The van der Waals surface area contributed by atoms with E-state index in [0.29, 0.717) is 5.82 Å². The Balaban J connectivity index is 1.61. The van der Waals surface area contributed by atoms with Crippen LogP contribution >= 0.6 is 11.3 Å². The van der Waals surface area contributed by atoms with Crippen molar-refractivity contribution in [1.82, 2.24) is 9.97 Å². The molecule has 0 saturated carbocycles. The molecule has 2 heterocycles. The second-order valence-corrected chi connectivity index (χ2v) is 6.39. The van der Waals surface area contributed by atoms with Gasteiger partial charge in [0.15, 0.2) is 5.82 Å². The molecule has 4 aromatic rings. The van der Waals surface area contributed by atoms with Crippen LogP contribution in [-0.4, -0.2) is 16.2 Å². The molecule has 0 amide bonds. The molecule has 1 N–H and O–H groups in total. The molecular weight excluding hydrogens is 335 g/mol. The summed E-state index contributed by atoms with van der Waals surface area (Å²) in [4.78, 5) is 9.73. The normalized spacial score (nSPS) is 11.2. The van der Waals surface area contributed by atoms with E-state index in [-0.39, 0.29) is 5.82 Å². The number of fused-ring (bicyclic) bond motifs is 1. The molecular formula is C19H13FN4S. The van der Waals surface area contributed by atoms with Crippen LogP contribution in [0.15, 0.2) is 72.1 Å². The minimum atomic E-state index is -0.269. The zero-order chi connectivity index (χ0) is 17.1. The molecule has 0 atom stereocenters. The van der Waals surface area contributed by atoms with Crippen LogP contribution in [-0.2, 0) is 0 Å². The highest BCUT2D eigenvalue weighted by molar-refractivity contribution is 7.22. The standard InChI is InChI=1S/C19H13FN4S/c20-15-8-6-13(7-9-15)11-23-24-19-18-16(21-12-22-19)10-17(25-18)14-4-2-1-3-5-14/h1-12H,(H,21,22,24). The first-order valence-electron chi connectivity index (χ1n) is 7.64. The first-order valence-corrected chi connectivity index (χ1v) is 8.46. The van der Waals surface area contributed by atoms with Crippen molar-refractivity contribution in [2.24, 2.45) is 5.10 Å². The van der Waals surface area contributed by atoms with Gasteiger partial charge in [0.05, 0.1) is 16.4 Å². The van der Waals surface area contributed by atoms with Gasteiger partial charge in [0.1, 0.15) is 12.1 Å². The van der Waals surface area contributed by atoms with E-state index >= 15 is 0 Å². The van der Waals surface area contributed by atoms with E-state index in [1.807, 2.05) is 24.3 Å². The molecule has 0 unspecified atom stereocenters. The summed E-state index contributed by atoms with van der Waals surface area (Å²) < 4.78 is 13.9. The Kier molecular flexibility index (Phi) is 4.18. The summed E-state index contributed by atoms with van der Waals surface area (Å²) in [5.74, 6) is 0.380. The zero-order valence-electron chi connectivity index (χ0n) is 13.1. The van der Waals surface area contributed by atoms with E-state index in [1.54, 1.807) is 29.7 Å². The summed E-state index contributed by atoms with van der Waals surface area (Å²) in [5.41, 5.74) is 5.77. The van der Waals surface area contributed by atoms with Crippen LogP contribution < -0.4 is 5.43 Å². The molecule has 0 saturated heterocycles. The molecule has 4 rings (SSSR count). The molecule has 122 valence electrons. The summed E-state index contributed by atoms with van der Waals surface area (Å²) in [6.45, 7) is 0. The number of hydrogen-bond acceptors (Lipinski definition) is 5. The van der Waals surface area contributed by atoms with Gasteiger partial charge < -0.3 is 0 Å². The van der Waals surface area contributed by atoms with Gasteiger partial charge in [0.2, 0.25) is 0 Å². The maximum atomic E-state index is 12.9. The lowest BCUT2D eigenvalue weighted by molar-refractivity contribution is 0.628. The number of anilines is 1. The predicted octanol–water partition coefficient (Wildman–Crippen LogP) is 4.94. The first-order chi connectivity index (χ1) is 12.3. The minimum absolute atomic E-state index is 0.269. The van der Waals surface area contributed by atoms with Gasteiger partial charge >= 0.3 is 0 Å². The Morgan fingerprint density at radius 1 is 1.00 bits per heavy atom. The highest BCUT2D eigenvalue weighted by atomic mass is 32.1. The number of hydrogen-bond donors (Lipinski definition) is 1. The van der Waals surface area contributed by atoms with Crippen LogP contribution in [0.5, 0.6) is 0 Å².